The van der Waals surface area contributed by atoms with Gasteiger partial charge in [0.25, 0.3) is 0 Å². The number of ether oxygens (including phenoxy) is 6. The predicted octanol–water partition coefficient (Wildman–Crippen LogP) is 0.457. The summed E-state index contributed by atoms with van der Waals surface area (Å²) < 4.78 is 31.4. The van der Waals surface area contributed by atoms with E-state index in [9.17, 15) is 29.1 Å². The van der Waals surface area contributed by atoms with Crippen molar-refractivity contribution < 1.29 is 57.5 Å². The lowest BCUT2D eigenvalue weighted by Gasteiger charge is -2.43. The highest BCUT2D eigenvalue weighted by molar-refractivity contribution is 5.90. The second kappa shape index (κ2) is 10.6. The first-order chi connectivity index (χ1) is 15.0. The molecular weight excluding hydrogens is 432 g/mol. The molecule has 1 saturated heterocycles. The molecule has 1 N–H and O–H groups in total. The number of benzene rings is 1. The maximum Gasteiger partial charge on any atom is 0.339 e. The number of carboxylic acids is 1. The zero-order valence-corrected chi connectivity index (χ0v) is 17.6. The molecule has 5 atom stereocenters. The van der Waals surface area contributed by atoms with Crippen LogP contribution < -0.4 is 4.74 Å². The third kappa shape index (κ3) is 5.94. The van der Waals surface area contributed by atoms with Crippen LogP contribution in [0.4, 0.5) is 0 Å². The first kappa shape index (κ1) is 24.6. The lowest BCUT2D eigenvalue weighted by Crippen LogP contribution is -2.64. The van der Waals surface area contributed by atoms with Crippen LogP contribution in [0.2, 0.25) is 0 Å². The standard InChI is InChI=1S/C20H22O12/c1-9(21)28-14-15(29-10(2)22)17(30-11(3)23)20(32-16(14)19(26)27-4)31-13-8-6-5-7-12(13)18(24)25/h5-8,14-17,20H,1-4H3,(H,24,25)/t14-,15-,16-,17+,20+/m0/s1. The van der Waals surface area contributed by atoms with Crippen molar-refractivity contribution in [1.82, 2.24) is 0 Å². The van der Waals surface area contributed by atoms with Crippen LogP contribution in [0, 0.1) is 0 Å². The van der Waals surface area contributed by atoms with Crippen molar-refractivity contribution in [2.75, 3.05) is 7.11 Å². The minimum atomic E-state index is -1.65. The molecule has 0 spiro atoms. The molecular formula is C20H22O12. The molecule has 0 aliphatic carbocycles. The van der Waals surface area contributed by atoms with Crippen molar-refractivity contribution in [3.63, 3.8) is 0 Å². The minimum absolute atomic E-state index is 0.182. The Morgan fingerprint density at radius 1 is 0.844 bits per heavy atom. The maximum absolute atomic E-state index is 12.4. The fourth-order valence-corrected chi connectivity index (χ4v) is 3.05. The molecule has 12 heteroatoms. The number of hydrogen-bond donors (Lipinski definition) is 1. The number of aromatic carboxylic acids is 1. The monoisotopic (exact) mass is 454 g/mol. The van der Waals surface area contributed by atoms with Gasteiger partial charge in [-0.1, -0.05) is 12.1 Å². The van der Waals surface area contributed by atoms with Gasteiger partial charge in [-0.15, -0.1) is 0 Å². The summed E-state index contributed by atoms with van der Waals surface area (Å²) in [7, 11) is 1.05. The van der Waals surface area contributed by atoms with Crippen LogP contribution in [0.1, 0.15) is 31.1 Å². The average Bonchev–Trinajstić information content (AvgIpc) is 2.70. The Balaban J connectivity index is 2.56. The first-order valence-corrected chi connectivity index (χ1v) is 9.29. The summed E-state index contributed by atoms with van der Waals surface area (Å²) in [6.07, 6.45) is -7.92. The van der Waals surface area contributed by atoms with Gasteiger partial charge in [0.05, 0.1) is 7.11 Å². The van der Waals surface area contributed by atoms with Gasteiger partial charge in [-0.05, 0) is 12.1 Å². The quantitative estimate of drug-likeness (QED) is 0.448. The number of methoxy groups -OCH3 is 1. The van der Waals surface area contributed by atoms with Crippen LogP contribution in [-0.2, 0) is 42.9 Å². The van der Waals surface area contributed by atoms with Crippen molar-refractivity contribution >= 4 is 29.8 Å². The molecule has 1 fully saturated rings. The Bertz CT molecular complexity index is 894. The molecule has 2 rings (SSSR count). The summed E-state index contributed by atoms with van der Waals surface area (Å²) in [5, 5.41) is 9.39. The molecule has 1 aromatic rings. The molecule has 0 unspecified atom stereocenters. The molecule has 32 heavy (non-hydrogen) atoms. The van der Waals surface area contributed by atoms with Crippen LogP contribution in [0.3, 0.4) is 0 Å². The van der Waals surface area contributed by atoms with Crippen molar-refractivity contribution in [3.8, 4) is 5.75 Å². The predicted molar refractivity (Wildman–Crippen MR) is 101 cm³/mol. The van der Waals surface area contributed by atoms with E-state index in [0.29, 0.717) is 0 Å². The van der Waals surface area contributed by atoms with Crippen LogP contribution in [0.5, 0.6) is 5.75 Å². The fourth-order valence-electron chi connectivity index (χ4n) is 3.05. The number of para-hydroxylation sites is 1. The van der Waals surface area contributed by atoms with E-state index in [4.69, 9.17) is 23.7 Å². The third-order valence-corrected chi connectivity index (χ3v) is 4.20. The molecule has 0 bridgehead atoms. The van der Waals surface area contributed by atoms with E-state index in [2.05, 4.69) is 4.74 Å². The highest BCUT2D eigenvalue weighted by atomic mass is 16.7. The van der Waals surface area contributed by atoms with E-state index < -0.39 is 60.6 Å². The molecule has 174 valence electrons. The second-order valence-electron chi connectivity index (χ2n) is 6.59. The van der Waals surface area contributed by atoms with Crippen molar-refractivity contribution in [1.29, 1.82) is 0 Å². The highest BCUT2D eigenvalue weighted by Crippen LogP contribution is 2.32. The number of hydrogen-bond acceptors (Lipinski definition) is 11. The summed E-state index contributed by atoms with van der Waals surface area (Å²) in [6.45, 7) is 3.15. The Morgan fingerprint density at radius 2 is 1.38 bits per heavy atom. The maximum atomic E-state index is 12.4. The second-order valence-corrected chi connectivity index (χ2v) is 6.59. The van der Waals surface area contributed by atoms with Gasteiger partial charge in [-0.2, -0.15) is 0 Å². The van der Waals surface area contributed by atoms with E-state index in [1.165, 1.54) is 24.3 Å². The fraction of sp³-hybridized carbons (Fsp3) is 0.450. The van der Waals surface area contributed by atoms with E-state index in [1.807, 2.05) is 0 Å². The zero-order chi connectivity index (χ0) is 24.0. The number of carbonyl (C=O) groups excluding carboxylic acids is 4. The molecule has 12 nitrogen and oxygen atoms in total. The van der Waals surface area contributed by atoms with Crippen molar-refractivity contribution in [2.45, 2.75) is 51.5 Å². The number of carbonyl (C=O) groups is 5. The van der Waals surface area contributed by atoms with Gasteiger partial charge < -0.3 is 33.5 Å². The van der Waals surface area contributed by atoms with Gasteiger partial charge in [0, 0.05) is 20.8 Å². The molecule has 1 aliphatic rings. The van der Waals surface area contributed by atoms with Gasteiger partial charge in [0.2, 0.25) is 12.4 Å². The normalized spacial score (nSPS) is 24.6. The number of esters is 4. The Morgan fingerprint density at radius 3 is 1.91 bits per heavy atom. The lowest BCUT2D eigenvalue weighted by molar-refractivity contribution is -0.282. The summed E-state index contributed by atoms with van der Waals surface area (Å²) in [5.74, 6) is -5.04. The minimum Gasteiger partial charge on any atom is -0.478 e. The largest absolute Gasteiger partial charge is 0.478 e. The number of carboxylic acid groups (broad SMARTS) is 1. The Hall–Kier alpha value is -3.67. The summed E-state index contributed by atoms with van der Waals surface area (Å²) in [6, 6.07) is 5.50. The van der Waals surface area contributed by atoms with E-state index in [1.54, 1.807) is 0 Å². The van der Waals surface area contributed by atoms with Gasteiger partial charge >= 0.3 is 29.8 Å². The molecule has 1 aromatic carbocycles. The Kier molecular flexibility index (Phi) is 8.13. The molecule has 0 aromatic heterocycles. The van der Waals surface area contributed by atoms with Crippen molar-refractivity contribution in [2.24, 2.45) is 0 Å². The smallest absolute Gasteiger partial charge is 0.339 e. The van der Waals surface area contributed by atoms with E-state index in [-0.39, 0.29) is 11.3 Å². The van der Waals surface area contributed by atoms with Crippen molar-refractivity contribution in [3.05, 3.63) is 29.8 Å². The van der Waals surface area contributed by atoms with Gasteiger partial charge in [-0.25, -0.2) is 9.59 Å². The first-order valence-electron chi connectivity index (χ1n) is 9.29. The molecule has 0 radical (unpaired) electrons. The molecule has 0 amide bonds. The van der Waals surface area contributed by atoms with E-state index in [0.717, 1.165) is 27.9 Å². The van der Waals surface area contributed by atoms with Crippen LogP contribution in [0.15, 0.2) is 24.3 Å². The SMILES string of the molecule is COC(=O)[C@H]1O[C@@H](Oc2ccccc2C(=O)O)[C@H](OC(C)=O)[C@@H](OC(C)=O)[C@@H]1OC(C)=O. The van der Waals surface area contributed by atoms with Crippen LogP contribution in [-0.4, -0.2) is 72.8 Å². The topological polar surface area (TPSA) is 161 Å². The zero-order valence-electron chi connectivity index (χ0n) is 17.6. The molecule has 1 heterocycles. The van der Waals surface area contributed by atoms with Gasteiger partial charge in [0.1, 0.15) is 11.3 Å². The average molecular weight is 454 g/mol. The lowest BCUT2D eigenvalue weighted by atomic mass is 9.97. The molecule has 0 saturated carbocycles. The summed E-state index contributed by atoms with van der Waals surface area (Å²) >= 11 is 0. The van der Waals surface area contributed by atoms with E-state index >= 15 is 0 Å². The molecule has 1 aliphatic heterocycles. The highest BCUT2D eigenvalue weighted by Gasteiger charge is 2.56. The van der Waals surface area contributed by atoms with Crippen LogP contribution >= 0.6 is 0 Å². The summed E-state index contributed by atoms with van der Waals surface area (Å²) in [4.78, 5) is 59.0. The number of rotatable bonds is 7. The van der Waals surface area contributed by atoms with Gasteiger partial charge in [0.15, 0.2) is 18.3 Å². The third-order valence-electron chi connectivity index (χ3n) is 4.20. The van der Waals surface area contributed by atoms with Crippen LogP contribution in [0.25, 0.3) is 0 Å². The van der Waals surface area contributed by atoms with Gasteiger partial charge in [-0.3, -0.25) is 14.4 Å². The summed E-state index contributed by atoms with van der Waals surface area (Å²) in [5.41, 5.74) is -0.251. The Labute approximate surface area is 182 Å².